The lowest BCUT2D eigenvalue weighted by atomic mass is 10.1. The van der Waals surface area contributed by atoms with Gasteiger partial charge in [0.05, 0.1) is 29.8 Å². The van der Waals surface area contributed by atoms with Gasteiger partial charge in [-0.25, -0.2) is 9.78 Å². The number of benzene rings is 1. The van der Waals surface area contributed by atoms with Gasteiger partial charge in [-0.2, -0.15) is 0 Å². The van der Waals surface area contributed by atoms with Gasteiger partial charge in [-0.1, -0.05) is 12.1 Å². The summed E-state index contributed by atoms with van der Waals surface area (Å²) in [7, 11) is 0. The number of amides is 2. The lowest BCUT2D eigenvalue weighted by molar-refractivity contribution is 0.245. The number of urea groups is 1. The summed E-state index contributed by atoms with van der Waals surface area (Å²) in [6, 6.07) is 5.86. The Morgan fingerprint density at radius 3 is 2.86 bits per heavy atom. The topological polar surface area (TPSA) is 61.5 Å². The van der Waals surface area contributed by atoms with Gasteiger partial charge in [-0.3, -0.25) is 9.80 Å². The van der Waals surface area contributed by atoms with Crippen molar-refractivity contribution in [2.75, 3.05) is 16.4 Å². The van der Waals surface area contributed by atoms with Crippen LogP contribution in [-0.4, -0.2) is 34.7 Å². The van der Waals surface area contributed by atoms with Crippen molar-refractivity contribution >= 4 is 17.5 Å². The Bertz CT molecular complexity index is 754. The van der Waals surface area contributed by atoms with Crippen LogP contribution in [0.2, 0.25) is 0 Å². The van der Waals surface area contributed by atoms with Crippen molar-refractivity contribution in [1.82, 2.24) is 9.97 Å². The molecule has 114 valence electrons. The Hall–Kier alpha value is -2.50. The lowest BCUT2D eigenvalue weighted by Crippen LogP contribution is -2.43. The molecule has 2 atom stereocenters. The third-order valence-corrected chi connectivity index (χ3v) is 4.59. The maximum atomic E-state index is 13.0. The van der Waals surface area contributed by atoms with Gasteiger partial charge in [0.1, 0.15) is 12.4 Å². The lowest BCUT2D eigenvalue weighted by Gasteiger charge is -2.32. The van der Waals surface area contributed by atoms with Crippen LogP contribution in [0.3, 0.4) is 0 Å². The fourth-order valence-electron chi connectivity index (χ4n) is 3.38. The zero-order valence-electron chi connectivity index (χ0n) is 12.8. The predicted molar refractivity (Wildman–Crippen MR) is 83.6 cm³/mol. The average Bonchev–Trinajstić information content (AvgIpc) is 3.02. The zero-order valence-corrected chi connectivity index (χ0v) is 12.8. The summed E-state index contributed by atoms with van der Waals surface area (Å²) in [6.45, 7) is 6.47. The molecule has 1 aromatic carbocycles. The first-order valence-electron chi connectivity index (χ1n) is 7.44. The molecular formula is C16H18N4O2. The van der Waals surface area contributed by atoms with Gasteiger partial charge in [0.2, 0.25) is 0 Å². The summed E-state index contributed by atoms with van der Waals surface area (Å²) >= 11 is 0. The van der Waals surface area contributed by atoms with Gasteiger partial charge in [0.25, 0.3) is 0 Å². The molecule has 22 heavy (non-hydrogen) atoms. The van der Waals surface area contributed by atoms with E-state index in [0.29, 0.717) is 12.4 Å². The van der Waals surface area contributed by atoms with Crippen LogP contribution in [0.15, 0.2) is 24.5 Å². The number of hydrogen-bond acceptors (Lipinski definition) is 3. The van der Waals surface area contributed by atoms with Crippen molar-refractivity contribution in [3.63, 3.8) is 0 Å². The van der Waals surface area contributed by atoms with Crippen molar-refractivity contribution in [2.45, 2.75) is 32.9 Å². The van der Waals surface area contributed by atoms with Gasteiger partial charge in [-0.15, -0.1) is 0 Å². The van der Waals surface area contributed by atoms with Crippen LogP contribution < -0.4 is 14.5 Å². The molecule has 0 spiro atoms. The molecule has 3 heterocycles. The first-order chi connectivity index (χ1) is 10.6. The number of para-hydroxylation sites is 1. The largest absolute Gasteiger partial charge is 0.489 e. The third-order valence-electron chi connectivity index (χ3n) is 4.59. The van der Waals surface area contributed by atoms with Crippen molar-refractivity contribution in [2.24, 2.45) is 0 Å². The minimum absolute atomic E-state index is 0.00194. The van der Waals surface area contributed by atoms with Crippen LogP contribution in [-0.2, 0) is 0 Å². The highest BCUT2D eigenvalue weighted by Crippen LogP contribution is 2.42. The standard InChI is InChI=1S/C16H18N4O2/c1-9-5-4-6-12-14(9)22-7-13-11(3)19(16(21)20(12)13)15-10(2)17-8-18-15/h4-6,8,11,13H,7H2,1-3H3,(H,17,18). The number of nitrogens with zero attached hydrogens (tertiary/aromatic N) is 3. The molecule has 1 aromatic heterocycles. The number of aromatic nitrogens is 2. The van der Waals surface area contributed by atoms with Crippen LogP contribution in [0.1, 0.15) is 18.2 Å². The van der Waals surface area contributed by atoms with E-state index in [0.717, 1.165) is 22.7 Å². The van der Waals surface area contributed by atoms with Gasteiger partial charge >= 0.3 is 6.03 Å². The smallest absolute Gasteiger partial charge is 0.331 e. The highest BCUT2D eigenvalue weighted by atomic mass is 16.5. The van der Waals surface area contributed by atoms with Crippen LogP contribution in [0.4, 0.5) is 16.3 Å². The predicted octanol–water partition coefficient (Wildman–Crippen LogP) is 2.62. The second kappa shape index (κ2) is 4.50. The van der Waals surface area contributed by atoms with E-state index in [9.17, 15) is 4.79 Å². The van der Waals surface area contributed by atoms with E-state index in [1.165, 1.54) is 0 Å². The molecule has 2 aromatic rings. The summed E-state index contributed by atoms with van der Waals surface area (Å²) in [6.07, 6.45) is 1.62. The van der Waals surface area contributed by atoms with E-state index in [-0.39, 0.29) is 18.1 Å². The summed E-state index contributed by atoms with van der Waals surface area (Å²) in [5.74, 6) is 1.50. The van der Waals surface area contributed by atoms with E-state index >= 15 is 0 Å². The number of ether oxygens (including phenoxy) is 1. The maximum Gasteiger partial charge on any atom is 0.331 e. The molecule has 0 aliphatic carbocycles. The van der Waals surface area contributed by atoms with Crippen LogP contribution in [0.25, 0.3) is 0 Å². The third kappa shape index (κ3) is 1.60. The number of aryl methyl sites for hydroxylation is 2. The number of fused-ring (bicyclic) bond motifs is 3. The fourth-order valence-corrected chi connectivity index (χ4v) is 3.38. The summed E-state index contributed by atoms with van der Waals surface area (Å²) in [5, 5.41) is 0. The molecule has 1 fully saturated rings. The minimum atomic E-state index is -0.0390. The van der Waals surface area contributed by atoms with E-state index in [1.54, 1.807) is 11.2 Å². The molecule has 0 saturated carbocycles. The highest BCUT2D eigenvalue weighted by Gasteiger charge is 2.49. The monoisotopic (exact) mass is 298 g/mol. The molecule has 6 heteroatoms. The van der Waals surface area contributed by atoms with E-state index in [1.807, 2.05) is 43.9 Å². The summed E-state index contributed by atoms with van der Waals surface area (Å²) < 4.78 is 5.93. The quantitative estimate of drug-likeness (QED) is 0.880. The number of carbonyl (C=O) groups excluding carboxylic acids is 1. The van der Waals surface area contributed by atoms with Gasteiger partial charge in [0, 0.05) is 0 Å². The Kier molecular flexibility index (Phi) is 2.69. The van der Waals surface area contributed by atoms with E-state index < -0.39 is 0 Å². The molecule has 2 aliphatic heterocycles. The molecule has 1 saturated heterocycles. The number of aromatic amines is 1. The van der Waals surface area contributed by atoms with Crippen LogP contribution >= 0.6 is 0 Å². The van der Waals surface area contributed by atoms with Gasteiger partial charge in [-0.05, 0) is 32.4 Å². The molecule has 2 unspecified atom stereocenters. The van der Waals surface area contributed by atoms with Gasteiger partial charge < -0.3 is 9.72 Å². The number of hydrogen-bond donors (Lipinski definition) is 1. The molecule has 2 amide bonds. The second-order valence-electron chi connectivity index (χ2n) is 5.92. The van der Waals surface area contributed by atoms with Crippen LogP contribution in [0.5, 0.6) is 5.75 Å². The number of carbonyl (C=O) groups is 1. The molecule has 0 radical (unpaired) electrons. The number of anilines is 2. The molecule has 1 N–H and O–H groups in total. The Morgan fingerprint density at radius 1 is 1.32 bits per heavy atom. The number of nitrogens with one attached hydrogen (secondary N) is 1. The molecule has 2 aliphatic rings. The van der Waals surface area contributed by atoms with Crippen molar-refractivity contribution in [3.8, 4) is 5.75 Å². The summed E-state index contributed by atoms with van der Waals surface area (Å²) in [5.41, 5.74) is 2.79. The first kappa shape index (κ1) is 13.2. The minimum Gasteiger partial charge on any atom is -0.489 e. The normalized spacial score (nSPS) is 23.3. The Morgan fingerprint density at radius 2 is 2.14 bits per heavy atom. The average molecular weight is 298 g/mol. The van der Waals surface area contributed by atoms with Crippen molar-refractivity contribution in [3.05, 3.63) is 35.8 Å². The van der Waals surface area contributed by atoms with E-state index in [4.69, 9.17) is 4.74 Å². The van der Waals surface area contributed by atoms with Crippen molar-refractivity contribution < 1.29 is 9.53 Å². The number of imidazole rings is 1. The Balaban J connectivity index is 1.82. The summed E-state index contributed by atoms with van der Waals surface area (Å²) in [4.78, 5) is 24.0. The SMILES string of the molecule is Cc1cccc2c1OCC1C(C)N(c3nc[nH]c3C)C(=O)N21. The molecule has 6 nitrogen and oxygen atoms in total. The Labute approximate surface area is 128 Å². The number of rotatable bonds is 1. The highest BCUT2D eigenvalue weighted by molar-refractivity contribution is 6.08. The van der Waals surface area contributed by atoms with E-state index in [2.05, 4.69) is 9.97 Å². The van der Waals surface area contributed by atoms with Crippen LogP contribution in [0, 0.1) is 13.8 Å². The molecular weight excluding hydrogens is 280 g/mol. The van der Waals surface area contributed by atoms with Crippen molar-refractivity contribution in [1.29, 1.82) is 0 Å². The maximum absolute atomic E-state index is 13.0. The molecule has 4 rings (SSSR count). The first-order valence-corrected chi connectivity index (χ1v) is 7.44. The molecule has 0 bridgehead atoms. The zero-order chi connectivity index (χ0) is 15.4. The second-order valence-corrected chi connectivity index (χ2v) is 5.92. The number of H-pyrrole nitrogens is 1. The van der Waals surface area contributed by atoms with Gasteiger partial charge in [0.15, 0.2) is 5.82 Å². The fraction of sp³-hybridized carbons (Fsp3) is 0.375.